The van der Waals surface area contributed by atoms with Gasteiger partial charge in [0.25, 0.3) is 0 Å². The second-order valence-electron chi connectivity index (χ2n) is 9.62. The van der Waals surface area contributed by atoms with Gasteiger partial charge in [-0.2, -0.15) is 13.2 Å². The summed E-state index contributed by atoms with van der Waals surface area (Å²) in [5.41, 5.74) is 3.51. The third kappa shape index (κ3) is 9.32. The first-order valence-corrected chi connectivity index (χ1v) is 14.2. The topological polar surface area (TPSA) is 50.2 Å². The average Bonchev–Trinajstić information content (AvgIpc) is 2.96. The Morgan fingerprint density at radius 2 is 1.57 bits per heavy atom. The highest BCUT2D eigenvalue weighted by atomic mass is 19.4. The van der Waals surface area contributed by atoms with E-state index in [2.05, 4.69) is 24.1 Å². The Bertz CT molecular complexity index is 1240. The highest BCUT2D eigenvalue weighted by Crippen LogP contribution is 2.34. The van der Waals surface area contributed by atoms with E-state index in [0.29, 0.717) is 28.5 Å². The van der Waals surface area contributed by atoms with Crippen LogP contribution in [0.25, 0.3) is 11.3 Å². The third-order valence-electron chi connectivity index (χ3n) is 6.66. The van der Waals surface area contributed by atoms with Crippen LogP contribution in [0.3, 0.4) is 0 Å². The number of benzene rings is 2. The van der Waals surface area contributed by atoms with Crippen molar-refractivity contribution in [2.45, 2.75) is 86.4 Å². The van der Waals surface area contributed by atoms with Crippen LogP contribution in [0.15, 0.2) is 71.9 Å². The zero-order valence-corrected chi connectivity index (χ0v) is 24.8. The minimum atomic E-state index is -4.44. The molecule has 0 aliphatic carbocycles. The molecule has 0 bridgehead atoms. The highest BCUT2D eigenvalue weighted by Gasteiger charge is 2.31. The number of halogens is 3. The number of nitrogens with zero attached hydrogens (tertiary/aromatic N) is 3. The molecular weight excluding hydrogens is 509 g/mol. The molecule has 0 amide bonds. The van der Waals surface area contributed by atoms with Crippen LogP contribution in [0.4, 0.5) is 19.1 Å². The maximum atomic E-state index is 13.6. The number of rotatable bonds is 11. The van der Waals surface area contributed by atoms with E-state index in [4.69, 9.17) is 9.98 Å². The van der Waals surface area contributed by atoms with Crippen molar-refractivity contribution in [2.75, 3.05) is 5.32 Å². The third-order valence-corrected chi connectivity index (χ3v) is 6.66. The normalized spacial score (nSPS) is 13.3. The summed E-state index contributed by atoms with van der Waals surface area (Å²) in [4.78, 5) is 14.1. The maximum Gasteiger partial charge on any atom is 0.416 e. The first-order valence-electron chi connectivity index (χ1n) is 14.2. The summed E-state index contributed by atoms with van der Waals surface area (Å²) in [6.07, 6.45) is 1.21. The van der Waals surface area contributed by atoms with Crippen molar-refractivity contribution in [2.24, 2.45) is 10.9 Å². The summed E-state index contributed by atoms with van der Waals surface area (Å²) in [6.45, 7) is 14.1. The predicted octanol–water partition coefficient (Wildman–Crippen LogP) is 10.3. The molecule has 0 aliphatic heterocycles. The zero-order chi connectivity index (χ0) is 29.7. The summed E-state index contributed by atoms with van der Waals surface area (Å²) in [7, 11) is 0. The van der Waals surface area contributed by atoms with Crippen LogP contribution in [0.5, 0.6) is 0 Å². The summed E-state index contributed by atoms with van der Waals surface area (Å²) in [5.74, 6) is 0.713. The minimum Gasteiger partial charge on any atom is -0.348 e. The second kappa shape index (κ2) is 15.9. The quantitative estimate of drug-likeness (QED) is 0.241. The number of alkyl halides is 3. The molecule has 0 saturated carbocycles. The number of aliphatic imine (C=N–C) groups is 1. The van der Waals surface area contributed by atoms with E-state index in [1.807, 2.05) is 65.0 Å². The van der Waals surface area contributed by atoms with E-state index in [0.717, 1.165) is 43.0 Å². The van der Waals surface area contributed by atoms with Crippen molar-refractivity contribution in [3.05, 3.63) is 89.2 Å². The molecular formula is C33H43F3N4. The van der Waals surface area contributed by atoms with Gasteiger partial charge >= 0.3 is 6.18 Å². The van der Waals surface area contributed by atoms with Crippen molar-refractivity contribution in [1.82, 2.24) is 9.97 Å². The fourth-order valence-electron chi connectivity index (χ4n) is 4.51. The maximum absolute atomic E-state index is 13.6. The molecule has 7 heteroatoms. The average molecular weight is 553 g/mol. The highest BCUT2D eigenvalue weighted by molar-refractivity contribution is 5.96. The minimum absolute atomic E-state index is 0.0252. The molecule has 0 aliphatic rings. The predicted molar refractivity (Wildman–Crippen MR) is 162 cm³/mol. The van der Waals surface area contributed by atoms with Gasteiger partial charge < -0.3 is 5.32 Å². The Kier molecular flexibility index (Phi) is 13.0. The van der Waals surface area contributed by atoms with Gasteiger partial charge in [-0.05, 0) is 63.3 Å². The van der Waals surface area contributed by atoms with Gasteiger partial charge in [0.15, 0.2) is 0 Å². The van der Waals surface area contributed by atoms with Crippen LogP contribution < -0.4 is 5.32 Å². The van der Waals surface area contributed by atoms with Crippen LogP contribution >= 0.6 is 0 Å². The van der Waals surface area contributed by atoms with Crippen LogP contribution in [0.1, 0.15) is 103 Å². The number of nitrogens with one attached hydrogen (secondary N) is 1. The molecule has 3 rings (SSSR count). The van der Waals surface area contributed by atoms with E-state index < -0.39 is 11.7 Å². The molecule has 0 saturated heterocycles. The Morgan fingerprint density at radius 3 is 2.17 bits per heavy atom. The van der Waals surface area contributed by atoms with Crippen molar-refractivity contribution in [3.63, 3.8) is 0 Å². The van der Waals surface area contributed by atoms with Crippen molar-refractivity contribution >= 4 is 22.9 Å². The van der Waals surface area contributed by atoms with E-state index in [1.165, 1.54) is 12.1 Å². The van der Waals surface area contributed by atoms with Gasteiger partial charge in [0.05, 0.1) is 23.0 Å². The number of hydrogen-bond acceptors (Lipinski definition) is 4. The van der Waals surface area contributed by atoms with Crippen molar-refractivity contribution in [1.29, 1.82) is 0 Å². The molecule has 1 N–H and O–H groups in total. The van der Waals surface area contributed by atoms with Crippen LogP contribution in [-0.4, -0.2) is 15.7 Å². The fraction of sp³-hybridized carbons (Fsp3) is 0.424. The summed E-state index contributed by atoms with van der Waals surface area (Å²) < 4.78 is 40.7. The molecule has 1 aromatic heterocycles. The lowest BCUT2D eigenvalue weighted by Gasteiger charge is -2.18. The van der Waals surface area contributed by atoms with Gasteiger partial charge in [-0.3, -0.25) is 4.99 Å². The van der Waals surface area contributed by atoms with E-state index in [-0.39, 0.29) is 12.0 Å². The molecule has 0 fully saturated rings. The molecule has 4 nitrogen and oxygen atoms in total. The first kappa shape index (κ1) is 32.7. The van der Waals surface area contributed by atoms with E-state index in [9.17, 15) is 13.2 Å². The molecule has 216 valence electrons. The largest absolute Gasteiger partial charge is 0.416 e. The van der Waals surface area contributed by atoms with Gasteiger partial charge in [0.2, 0.25) is 5.95 Å². The van der Waals surface area contributed by atoms with Gasteiger partial charge in [0.1, 0.15) is 0 Å². The summed E-state index contributed by atoms with van der Waals surface area (Å²) in [5, 5.41) is 3.32. The van der Waals surface area contributed by atoms with Crippen LogP contribution in [0, 0.1) is 5.92 Å². The molecule has 0 radical (unpaired) electrons. The second-order valence-corrected chi connectivity index (χ2v) is 9.62. The SMILES string of the molecule is CC.CCCC(CCC)C(C)=N/C(=C(\C)c1ccnc(NC(C)c2ccccc2)n1)c1cccc(C(F)(F)F)c1. The number of hydrogen-bond donors (Lipinski definition) is 1. The molecule has 1 unspecified atom stereocenters. The lowest BCUT2D eigenvalue weighted by molar-refractivity contribution is -0.137. The summed E-state index contributed by atoms with van der Waals surface area (Å²) in [6, 6.07) is 17.1. The Hall–Kier alpha value is -3.48. The fourth-order valence-corrected chi connectivity index (χ4v) is 4.51. The number of aromatic nitrogens is 2. The van der Waals surface area contributed by atoms with Gasteiger partial charge in [-0.1, -0.05) is 83.0 Å². The smallest absolute Gasteiger partial charge is 0.348 e. The van der Waals surface area contributed by atoms with Crippen molar-refractivity contribution < 1.29 is 13.2 Å². The Morgan fingerprint density at radius 1 is 0.925 bits per heavy atom. The van der Waals surface area contributed by atoms with Crippen LogP contribution in [-0.2, 0) is 6.18 Å². The molecule has 1 heterocycles. The lowest BCUT2D eigenvalue weighted by Crippen LogP contribution is -2.12. The lowest BCUT2D eigenvalue weighted by atomic mass is 9.93. The standard InChI is InChI=1S/C31H37F3N4.C2H6/c1-6-12-24(13-7-2)22(4)36-29(26-16-11-17-27(20-26)31(32,33)34)21(3)28-18-19-35-30(38-28)37-23(5)25-14-9-8-10-15-25;1-2/h8-11,14-20,23-24H,6-7,12-13H2,1-5H3,(H,35,37,38);1-2H3/b29-21+,36-22?;. The van der Waals surface area contributed by atoms with Crippen LogP contribution in [0.2, 0.25) is 0 Å². The molecule has 0 spiro atoms. The number of anilines is 1. The zero-order valence-electron chi connectivity index (χ0n) is 24.8. The number of allylic oxidation sites excluding steroid dienone is 1. The van der Waals surface area contributed by atoms with Gasteiger partial charge in [-0.15, -0.1) is 0 Å². The van der Waals surface area contributed by atoms with Crippen molar-refractivity contribution in [3.8, 4) is 0 Å². The molecule has 2 aromatic carbocycles. The molecule has 3 aromatic rings. The molecule has 1 atom stereocenters. The molecule has 40 heavy (non-hydrogen) atoms. The summed E-state index contributed by atoms with van der Waals surface area (Å²) >= 11 is 0. The van der Waals surface area contributed by atoms with Gasteiger partial charge in [-0.25, -0.2) is 9.97 Å². The monoisotopic (exact) mass is 552 g/mol. The van der Waals surface area contributed by atoms with Gasteiger partial charge in [0, 0.05) is 23.0 Å². The Labute approximate surface area is 237 Å². The van der Waals surface area contributed by atoms with E-state index in [1.54, 1.807) is 18.3 Å². The first-order chi connectivity index (χ1) is 19.1. The van der Waals surface area contributed by atoms with E-state index >= 15 is 0 Å². The Balaban J connectivity index is 0.00000274.